The number of aromatic nitrogens is 3. The van der Waals surface area contributed by atoms with Crippen molar-refractivity contribution in [2.45, 2.75) is 64.0 Å². The van der Waals surface area contributed by atoms with E-state index in [0.29, 0.717) is 5.92 Å². The fourth-order valence-corrected chi connectivity index (χ4v) is 3.47. The monoisotopic (exact) mass is 249 g/mol. The Morgan fingerprint density at radius 3 is 2.94 bits per heavy atom. The minimum atomic E-state index is -0.725. The second-order valence-electron chi connectivity index (χ2n) is 6.03. The number of hydrogen-bond acceptors (Lipinski definition) is 3. The topological polar surface area (TPSA) is 50.9 Å². The minimum absolute atomic E-state index is 0.704. The number of nitrogens with zero attached hydrogens (tertiary/aromatic N) is 3. The summed E-state index contributed by atoms with van der Waals surface area (Å²) in [6, 6.07) is 0. The minimum Gasteiger partial charge on any atom is -0.382 e. The molecule has 18 heavy (non-hydrogen) atoms. The molecule has 1 aromatic rings. The molecule has 0 radical (unpaired) electrons. The third kappa shape index (κ3) is 2.18. The highest BCUT2D eigenvalue weighted by Gasteiger charge is 2.44. The Hall–Kier alpha value is -0.900. The Morgan fingerprint density at radius 1 is 1.39 bits per heavy atom. The van der Waals surface area contributed by atoms with Crippen molar-refractivity contribution in [1.29, 1.82) is 0 Å². The summed E-state index contributed by atoms with van der Waals surface area (Å²) in [4.78, 5) is 4.35. The quantitative estimate of drug-likeness (QED) is 0.892. The lowest BCUT2D eigenvalue weighted by molar-refractivity contribution is -0.0360. The summed E-state index contributed by atoms with van der Waals surface area (Å²) >= 11 is 0. The van der Waals surface area contributed by atoms with Crippen molar-refractivity contribution in [2.75, 3.05) is 0 Å². The van der Waals surface area contributed by atoms with Gasteiger partial charge in [-0.1, -0.05) is 6.92 Å². The van der Waals surface area contributed by atoms with Crippen molar-refractivity contribution in [1.82, 2.24) is 14.8 Å². The average Bonchev–Trinajstić information content (AvgIpc) is 3.10. The molecule has 1 aromatic heterocycles. The molecule has 2 fully saturated rings. The first kappa shape index (κ1) is 12.2. The maximum Gasteiger partial charge on any atom is 0.158 e. The van der Waals surface area contributed by atoms with E-state index in [1.54, 1.807) is 6.33 Å². The van der Waals surface area contributed by atoms with Crippen molar-refractivity contribution in [3.8, 4) is 0 Å². The standard InChI is InChI=1S/C14H23N3O/c1-2-8-17-13(15-10-16-17)14(18)7-3-4-12(9-14)11-5-6-11/h10-12,18H,2-9H2,1H3. The summed E-state index contributed by atoms with van der Waals surface area (Å²) in [5, 5.41) is 15.2. The van der Waals surface area contributed by atoms with Crippen LogP contribution in [0.3, 0.4) is 0 Å². The van der Waals surface area contributed by atoms with Gasteiger partial charge in [0, 0.05) is 6.54 Å². The Labute approximate surface area is 108 Å². The molecule has 0 amide bonds. The van der Waals surface area contributed by atoms with Crippen molar-refractivity contribution in [3.63, 3.8) is 0 Å². The van der Waals surface area contributed by atoms with E-state index in [0.717, 1.165) is 44.0 Å². The highest BCUT2D eigenvalue weighted by molar-refractivity contribution is 5.05. The van der Waals surface area contributed by atoms with E-state index in [2.05, 4.69) is 17.0 Å². The number of hydrogen-bond donors (Lipinski definition) is 1. The molecule has 2 aliphatic carbocycles. The van der Waals surface area contributed by atoms with E-state index in [-0.39, 0.29) is 0 Å². The van der Waals surface area contributed by atoms with E-state index in [9.17, 15) is 5.11 Å². The summed E-state index contributed by atoms with van der Waals surface area (Å²) in [5.41, 5.74) is -0.725. The van der Waals surface area contributed by atoms with Gasteiger partial charge in [0.25, 0.3) is 0 Å². The number of aryl methyl sites for hydroxylation is 1. The van der Waals surface area contributed by atoms with Gasteiger partial charge in [0.15, 0.2) is 5.82 Å². The van der Waals surface area contributed by atoms with Gasteiger partial charge in [0.2, 0.25) is 0 Å². The van der Waals surface area contributed by atoms with Gasteiger partial charge in [-0.05, 0) is 56.8 Å². The molecule has 1 heterocycles. The van der Waals surface area contributed by atoms with Gasteiger partial charge in [-0.2, -0.15) is 5.10 Å². The molecule has 0 aromatic carbocycles. The molecular weight excluding hydrogens is 226 g/mol. The molecule has 2 aliphatic rings. The highest BCUT2D eigenvalue weighted by atomic mass is 16.3. The lowest BCUT2D eigenvalue weighted by Gasteiger charge is -2.36. The van der Waals surface area contributed by atoms with E-state index in [1.807, 2.05) is 4.68 Å². The Kier molecular flexibility index (Phi) is 3.14. The van der Waals surface area contributed by atoms with Crippen molar-refractivity contribution in [2.24, 2.45) is 11.8 Å². The van der Waals surface area contributed by atoms with Crippen LogP contribution in [0, 0.1) is 11.8 Å². The van der Waals surface area contributed by atoms with Crippen LogP contribution in [0.5, 0.6) is 0 Å². The number of rotatable bonds is 4. The summed E-state index contributed by atoms with van der Waals surface area (Å²) in [7, 11) is 0. The van der Waals surface area contributed by atoms with Crippen molar-refractivity contribution < 1.29 is 5.11 Å². The zero-order chi connectivity index (χ0) is 12.6. The Bertz CT molecular complexity index is 413. The van der Waals surface area contributed by atoms with E-state index >= 15 is 0 Å². The van der Waals surface area contributed by atoms with Crippen LogP contribution in [-0.2, 0) is 12.1 Å². The molecule has 2 atom stereocenters. The molecule has 2 saturated carbocycles. The molecule has 1 N–H and O–H groups in total. The maximum atomic E-state index is 11.0. The summed E-state index contributed by atoms with van der Waals surface area (Å²) in [5.74, 6) is 2.38. The molecular formula is C14H23N3O. The first-order valence-corrected chi connectivity index (χ1v) is 7.33. The second-order valence-corrected chi connectivity index (χ2v) is 6.03. The van der Waals surface area contributed by atoms with Crippen LogP contribution >= 0.6 is 0 Å². The summed E-state index contributed by atoms with van der Waals surface area (Å²) in [6.07, 6.45) is 9.48. The molecule has 0 saturated heterocycles. The lowest BCUT2D eigenvalue weighted by Crippen LogP contribution is -2.36. The zero-order valence-electron chi connectivity index (χ0n) is 11.2. The third-order valence-electron chi connectivity index (χ3n) is 4.52. The van der Waals surface area contributed by atoms with Gasteiger partial charge in [-0.15, -0.1) is 0 Å². The molecule has 4 nitrogen and oxygen atoms in total. The van der Waals surface area contributed by atoms with Crippen LogP contribution in [0.1, 0.15) is 57.7 Å². The van der Waals surface area contributed by atoms with Gasteiger partial charge in [-0.25, -0.2) is 9.67 Å². The van der Waals surface area contributed by atoms with Crippen molar-refractivity contribution in [3.05, 3.63) is 12.2 Å². The van der Waals surface area contributed by atoms with E-state index in [1.165, 1.54) is 19.3 Å². The molecule has 0 bridgehead atoms. The van der Waals surface area contributed by atoms with Crippen LogP contribution < -0.4 is 0 Å². The van der Waals surface area contributed by atoms with Crippen LogP contribution in [0.25, 0.3) is 0 Å². The molecule has 0 spiro atoms. The molecule has 0 aliphatic heterocycles. The zero-order valence-corrected chi connectivity index (χ0v) is 11.2. The highest BCUT2D eigenvalue weighted by Crippen LogP contribution is 2.49. The van der Waals surface area contributed by atoms with Crippen LogP contribution in [0.2, 0.25) is 0 Å². The Morgan fingerprint density at radius 2 is 2.22 bits per heavy atom. The van der Waals surface area contributed by atoms with Gasteiger partial charge in [0.1, 0.15) is 11.9 Å². The van der Waals surface area contributed by atoms with Crippen molar-refractivity contribution >= 4 is 0 Å². The predicted octanol–water partition coefficient (Wildman–Crippen LogP) is 2.48. The normalized spacial score (nSPS) is 32.7. The first-order valence-electron chi connectivity index (χ1n) is 7.33. The van der Waals surface area contributed by atoms with Crippen LogP contribution in [0.4, 0.5) is 0 Å². The van der Waals surface area contributed by atoms with E-state index in [4.69, 9.17) is 0 Å². The predicted molar refractivity (Wildman–Crippen MR) is 68.9 cm³/mol. The van der Waals surface area contributed by atoms with Gasteiger partial charge in [-0.3, -0.25) is 0 Å². The third-order valence-corrected chi connectivity index (χ3v) is 4.52. The summed E-state index contributed by atoms with van der Waals surface area (Å²) < 4.78 is 1.90. The average molecular weight is 249 g/mol. The largest absolute Gasteiger partial charge is 0.382 e. The van der Waals surface area contributed by atoms with Crippen LogP contribution in [-0.4, -0.2) is 19.9 Å². The SMILES string of the molecule is CCCn1ncnc1C1(O)CCCC(C2CC2)C1. The van der Waals surface area contributed by atoms with E-state index < -0.39 is 5.60 Å². The summed E-state index contributed by atoms with van der Waals surface area (Å²) in [6.45, 7) is 2.98. The van der Waals surface area contributed by atoms with Gasteiger partial charge in [0.05, 0.1) is 0 Å². The fraction of sp³-hybridized carbons (Fsp3) is 0.857. The Balaban J connectivity index is 1.81. The number of aliphatic hydroxyl groups is 1. The second kappa shape index (κ2) is 4.65. The molecule has 100 valence electrons. The molecule has 4 heteroatoms. The smallest absolute Gasteiger partial charge is 0.158 e. The lowest BCUT2D eigenvalue weighted by atomic mass is 9.75. The fourth-order valence-electron chi connectivity index (χ4n) is 3.47. The maximum absolute atomic E-state index is 11.0. The van der Waals surface area contributed by atoms with Gasteiger partial charge >= 0.3 is 0 Å². The molecule has 3 rings (SSSR count). The van der Waals surface area contributed by atoms with Crippen LogP contribution in [0.15, 0.2) is 6.33 Å². The van der Waals surface area contributed by atoms with Gasteiger partial charge < -0.3 is 5.11 Å². The first-order chi connectivity index (χ1) is 8.73. The molecule has 2 unspecified atom stereocenters.